The first-order valence-corrected chi connectivity index (χ1v) is 10.3. The van der Waals surface area contributed by atoms with Gasteiger partial charge in [0.25, 0.3) is 0 Å². The molecule has 0 amide bonds. The van der Waals surface area contributed by atoms with E-state index in [9.17, 15) is 8.42 Å². The van der Waals surface area contributed by atoms with Crippen molar-refractivity contribution in [1.82, 2.24) is 4.72 Å². The van der Waals surface area contributed by atoms with Gasteiger partial charge >= 0.3 is 0 Å². The van der Waals surface area contributed by atoms with E-state index in [4.69, 9.17) is 23.2 Å². The van der Waals surface area contributed by atoms with Gasteiger partial charge in [-0.3, -0.25) is 0 Å². The highest BCUT2D eigenvalue weighted by atomic mass is 35.5. The van der Waals surface area contributed by atoms with Crippen molar-refractivity contribution >= 4 is 33.2 Å². The third-order valence-corrected chi connectivity index (χ3v) is 6.46. The van der Waals surface area contributed by atoms with Crippen molar-refractivity contribution in [2.75, 3.05) is 0 Å². The second-order valence-corrected chi connectivity index (χ2v) is 8.75. The van der Waals surface area contributed by atoms with Crippen LogP contribution in [0.2, 0.25) is 10.0 Å². The normalized spacial score (nSPS) is 15.3. The van der Waals surface area contributed by atoms with E-state index in [2.05, 4.69) is 16.9 Å². The van der Waals surface area contributed by atoms with Gasteiger partial charge in [-0.1, -0.05) is 47.5 Å². The van der Waals surface area contributed by atoms with Crippen molar-refractivity contribution in [2.24, 2.45) is 0 Å². The van der Waals surface area contributed by atoms with Gasteiger partial charge in [-0.05, 0) is 55.0 Å². The second kappa shape index (κ2) is 7.04. The van der Waals surface area contributed by atoms with Crippen LogP contribution < -0.4 is 4.72 Å². The molecule has 1 atom stereocenters. The molecule has 0 heterocycles. The van der Waals surface area contributed by atoms with E-state index in [0.717, 1.165) is 18.4 Å². The van der Waals surface area contributed by atoms with Crippen LogP contribution in [-0.2, 0) is 28.6 Å². The molecule has 24 heavy (non-hydrogen) atoms. The summed E-state index contributed by atoms with van der Waals surface area (Å²) in [5.41, 5.74) is 4.10. The molecule has 1 N–H and O–H groups in total. The Bertz CT molecular complexity index is 845. The van der Waals surface area contributed by atoms with Gasteiger partial charge in [0.1, 0.15) is 0 Å². The minimum absolute atomic E-state index is 0.235. The molecule has 0 aromatic heterocycles. The molecule has 128 valence electrons. The number of aryl methyl sites for hydroxylation is 2. The smallest absolute Gasteiger partial charge is 0.212 e. The van der Waals surface area contributed by atoms with Gasteiger partial charge in [-0.25, -0.2) is 13.1 Å². The Balaban J connectivity index is 1.76. The van der Waals surface area contributed by atoms with Gasteiger partial charge in [0.2, 0.25) is 10.0 Å². The zero-order valence-electron chi connectivity index (χ0n) is 13.4. The molecule has 1 aliphatic carbocycles. The molecule has 1 aliphatic rings. The molecule has 0 spiro atoms. The maximum Gasteiger partial charge on any atom is 0.216 e. The minimum Gasteiger partial charge on any atom is -0.212 e. The molecule has 0 radical (unpaired) electrons. The number of benzene rings is 2. The molecule has 1 unspecified atom stereocenters. The lowest BCUT2D eigenvalue weighted by Gasteiger charge is -2.16. The Hall–Kier alpha value is -1.07. The van der Waals surface area contributed by atoms with E-state index < -0.39 is 10.0 Å². The summed E-state index contributed by atoms with van der Waals surface area (Å²) in [6.07, 6.45) is 3.35. The lowest BCUT2D eigenvalue weighted by atomic mass is 10.0. The highest BCUT2D eigenvalue weighted by molar-refractivity contribution is 7.88. The fraction of sp³-hybridized carbons (Fsp3) is 0.333. The summed E-state index contributed by atoms with van der Waals surface area (Å²) in [5, 5.41) is 0.719. The maximum absolute atomic E-state index is 12.5. The number of sulfonamides is 1. The summed E-state index contributed by atoms with van der Waals surface area (Å²) in [4.78, 5) is 0. The average Bonchev–Trinajstić information content (AvgIpc) is 2.98. The fourth-order valence-corrected chi connectivity index (χ4v) is 5.24. The maximum atomic E-state index is 12.5. The van der Waals surface area contributed by atoms with Crippen LogP contribution in [0.4, 0.5) is 0 Å². The second-order valence-electron chi connectivity index (χ2n) is 6.18. The number of nitrogens with one attached hydrogen (secondary N) is 1. The van der Waals surface area contributed by atoms with E-state index in [-0.39, 0.29) is 11.8 Å². The molecule has 3 nitrogen and oxygen atoms in total. The van der Waals surface area contributed by atoms with Crippen LogP contribution in [0.25, 0.3) is 0 Å². The Labute approximate surface area is 153 Å². The summed E-state index contributed by atoms with van der Waals surface area (Å²) in [6.45, 7) is 1.85. The first-order valence-electron chi connectivity index (χ1n) is 7.90. The quantitative estimate of drug-likeness (QED) is 0.815. The zero-order chi connectivity index (χ0) is 17.3. The summed E-state index contributed by atoms with van der Waals surface area (Å²) in [7, 11) is -3.56. The predicted octanol–water partition coefficient (Wildman–Crippen LogP) is 4.66. The molecule has 0 saturated heterocycles. The Morgan fingerprint density at radius 3 is 2.46 bits per heavy atom. The molecule has 0 fully saturated rings. The largest absolute Gasteiger partial charge is 0.216 e. The minimum atomic E-state index is -3.56. The SMILES string of the molecule is CC(NS(=O)(=O)Cc1c(Cl)cccc1Cl)c1ccc2c(c1)CCC2. The van der Waals surface area contributed by atoms with Crippen molar-refractivity contribution in [3.8, 4) is 0 Å². The number of halogens is 2. The summed E-state index contributed by atoms with van der Waals surface area (Å²) >= 11 is 12.2. The predicted molar refractivity (Wildman–Crippen MR) is 99.1 cm³/mol. The molecule has 2 aromatic carbocycles. The van der Waals surface area contributed by atoms with E-state index in [1.807, 2.05) is 13.0 Å². The van der Waals surface area contributed by atoms with Crippen LogP contribution in [0.3, 0.4) is 0 Å². The lowest BCUT2D eigenvalue weighted by molar-refractivity contribution is 0.566. The summed E-state index contributed by atoms with van der Waals surface area (Å²) in [6, 6.07) is 10.9. The Kier molecular flexibility index (Phi) is 5.21. The third kappa shape index (κ3) is 3.94. The van der Waals surface area contributed by atoms with E-state index in [1.54, 1.807) is 18.2 Å². The monoisotopic (exact) mass is 383 g/mol. The van der Waals surface area contributed by atoms with Gasteiger partial charge in [0.05, 0.1) is 5.75 Å². The molecule has 6 heteroatoms. The van der Waals surface area contributed by atoms with Crippen LogP contribution in [-0.4, -0.2) is 8.42 Å². The standard InChI is InChI=1S/C18H19Cl2NO2S/c1-12(14-9-8-13-4-2-5-15(13)10-14)21-24(22,23)11-16-17(19)6-3-7-18(16)20/h3,6-10,12,21H,2,4-5,11H2,1H3. The van der Waals surface area contributed by atoms with E-state index in [0.29, 0.717) is 15.6 Å². The van der Waals surface area contributed by atoms with Crippen molar-refractivity contribution < 1.29 is 8.42 Å². The number of rotatable bonds is 5. The van der Waals surface area contributed by atoms with E-state index in [1.165, 1.54) is 17.5 Å². The molecular formula is C18H19Cl2NO2S. The average molecular weight is 384 g/mol. The molecule has 3 rings (SSSR count). The first kappa shape index (κ1) is 17.7. The number of hydrogen-bond donors (Lipinski definition) is 1. The Morgan fingerprint density at radius 2 is 1.75 bits per heavy atom. The van der Waals surface area contributed by atoms with Crippen molar-refractivity contribution in [3.05, 3.63) is 68.7 Å². The third-order valence-electron chi connectivity index (χ3n) is 4.37. The number of hydrogen-bond acceptors (Lipinski definition) is 2. The highest BCUT2D eigenvalue weighted by Crippen LogP contribution is 2.28. The van der Waals surface area contributed by atoms with Crippen molar-refractivity contribution in [2.45, 2.75) is 38.0 Å². The first-order chi connectivity index (χ1) is 11.4. The molecule has 0 bridgehead atoms. The van der Waals surface area contributed by atoms with Crippen LogP contribution in [0, 0.1) is 0 Å². The molecule has 2 aromatic rings. The van der Waals surface area contributed by atoms with Gasteiger partial charge in [-0.2, -0.15) is 0 Å². The van der Waals surface area contributed by atoms with Crippen LogP contribution in [0.1, 0.15) is 41.6 Å². The lowest BCUT2D eigenvalue weighted by Crippen LogP contribution is -2.28. The topological polar surface area (TPSA) is 46.2 Å². The highest BCUT2D eigenvalue weighted by Gasteiger charge is 2.21. The summed E-state index contributed by atoms with van der Waals surface area (Å²) < 4.78 is 27.7. The van der Waals surface area contributed by atoms with Crippen LogP contribution in [0.15, 0.2) is 36.4 Å². The zero-order valence-corrected chi connectivity index (χ0v) is 15.7. The molecule has 0 saturated carbocycles. The van der Waals surface area contributed by atoms with Crippen molar-refractivity contribution in [1.29, 1.82) is 0 Å². The summed E-state index contributed by atoms with van der Waals surface area (Å²) in [5.74, 6) is -0.235. The molecular weight excluding hydrogens is 365 g/mol. The van der Waals surface area contributed by atoms with Crippen molar-refractivity contribution in [3.63, 3.8) is 0 Å². The number of fused-ring (bicyclic) bond motifs is 1. The fourth-order valence-electron chi connectivity index (χ4n) is 3.10. The van der Waals surface area contributed by atoms with E-state index >= 15 is 0 Å². The Morgan fingerprint density at radius 1 is 1.08 bits per heavy atom. The van der Waals surface area contributed by atoms with Gasteiger partial charge in [-0.15, -0.1) is 0 Å². The van der Waals surface area contributed by atoms with Crippen LogP contribution in [0.5, 0.6) is 0 Å². The van der Waals surface area contributed by atoms with Gasteiger partial charge in [0, 0.05) is 21.7 Å². The van der Waals surface area contributed by atoms with Gasteiger partial charge < -0.3 is 0 Å². The van der Waals surface area contributed by atoms with Gasteiger partial charge in [0.15, 0.2) is 0 Å². The molecule has 0 aliphatic heterocycles. The van der Waals surface area contributed by atoms with Crippen LogP contribution >= 0.6 is 23.2 Å².